The SMILES string of the molecule is CC(=NOCc1ccc(C2CCCCC2)c(C(F)(F)F)c1)c1ccc(CNCCC(=O)O)nc1. The van der Waals surface area contributed by atoms with E-state index in [0.29, 0.717) is 29.9 Å². The van der Waals surface area contributed by atoms with E-state index in [2.05, 4.69) is 15.5 Å². The summed E-state index contributed by atoms with van der Waals surface area (Å²) in [6.07, 6.45) is 1.88. The molecule has 1 heterocycles. The van der Waals surface area contributed by atoms with Crippen LogP contribution >= 0.6 is 0 Å². The number of alkyl halides is 3. The zero-order valence-electron chi connectivity index (χ0n) is 19.2. The molecule has 0 saturated heterocycles. The predicted molar refractivity (Wildman–Crippen MR) is 122 cm³/mol. The van der Waals surface area contributed by atoms with Gasteiger partial charge < -0.3 is 15.3 Å². The first-order chi connectivity index (χ1) is 16.2. The van der Waals surface area contributed by atoms with Crippen molar-refractivity contribution in [2.45, 2.75) is 70.7 Å². The summed E-state index contributed by atoms with van der Waals surface area (Å²) in [5.74, 6) is -0.902. The summed E-state index contributed by atoms with van der Waals surface area (Å²) >= 11 is 0. The molecular formula is C25H30F3N3O3. The lowest BCUT2D eigenvalue weighted by atomic mass is 9.81. The Bertz CT molecular complexity index is 985. The van der Waals surface area contributed by atoms with Gasteiger partial charge >= 0.3 is 12.1 Å². The molecule has 1 aliphatic carbocycles. The third-order valence-corrected chi connectivity index (χ3v) is 5.97. The number of hydrogen-bond donors (Lipinski definition) is 2. The van der Waals surface area contributed by atoms with Gasteiger partial charge in [-0.25, -0.2) is 0 Å². The number of carbonyl (C=O) groups is 1. The van der Waals surface area contributed by atoms with Gasteiger partial charge in [-0.2, -0.15) is 13.2 Å². The third-order valence-electron chi connectivity index (χ3n) is 5.97. The number of oxime groups is 1. The van der Waals surface area contributed by atoms with Gasteiger partial charge in [0.1, 0.15) is 6.61 Å². The number of aromatic nitrogens is 1. The molecule has 6 nitrogen and oxygen atoms in total. The molecule has 2 N–H and O–H groups in total. The van der Waals surface area contributed by atoms with E-state index in [1.54, 1.807) is 31.3 Å². The first kappa shape index (κ1) is 25.7. The van der Waals surface area contributed by atoms with Gasteiger partial charge in [0.05, 0.1) is 23.4 Å². The topological polar surface area (TPSA) is 83.8 Å². The Morgan fingerprint density at radius 2 is 1.97 bits per heavy atom. The molecule has 0 aliphatic heterocycles. The largest absolute Gasteiger partial charge is 0.481 e. The summed E-state index contributed by atoms with van der Waals surface area (Å²) in [4.78, 5) is 20.2. The van der Waals surface area contributed by atoms with Crippen LogP contribution in [0.1, 0.15) is 79.3 Å². The van der Waals surface area contributed by atoms with Crippen molar-refractivity contribution < 1.29 is 27.9 Å². The standard InChI is InChI=1S/C25H30F3N3O3/c1-17(20-8-9-21(30-14-20)15-29-12-11-24(32)33)31-34-16-18-7-10-22(19-5-3-2-4-6-19)23(13-18)25(26,27)28/h7-10,13-14,19,29H,2-6,11-12,15-16H2,1H3,(H,32,33). The predicted octanol–water partition coefficient (Wildman–Crippen LogP) is 5.65. The molecular weight excluding hydrogens is 447 g/mol. The molecule has 1 aromatic carbocycles. The molecule has 0 unspecified atom stereocenters. The van der Waals surface area contributed by atoms with Gasteiger partial charge in [-0.05, 0) is 55.0 Å². The molecule has 0 amide bonds. The van der Waals surface area contributed by atoms with Crippen molar-refractivity contribution in [3.8, 4) is 0 Å². The lowest BCUT2D eigenvalue weighted by Crippen LogP contribution is -2.18. The normalized spacial score (nSPS) is 15.4. The highest BCUT2D eigenvalue weighted by atomic mass is 19.4. The zero-order chi connectivity index (χ0) is 24.6. The second-order valence-electron chi connectivity index (χ2n) is 8.56. The number of carboxylic acids is 1. The number of halogens is 3. The molecule has 1 aromatic heterocycles. The Hall–Kier alpha value is -2.94. The first-order valence-corrected chi connectivity index (χ1v) is 11.5. The number of aliphatic carboxylic acids is 1. The van der Waals surface area contributed by atoms with Gasteiger partial charge in [0.15, 0.2) is 0 Å². The summed E-state index contributed by atoms with van der Waals surface area (Å²) in [5, 5.41) is 15.7. The summed E-state index contributed by atoms with van der Waals surface area (Å²) in [6, 6.07) is 8.08. The molecule has 0 spiro atoms. The highest BCUT2D eigenvalue weighted by Gasteiger charge is 2.35. The highest BCUT2D eigenvalue weighted by molar-refractivity contribution is 5.98. The Morgan fingerprint density at radius 3 is 2.62 bits per heavy atom. The molecule has 34 heavy (non-hydrogen) atoms. The summed E-state index contributed by atoms with van der Waals surface area (Å²) < 4.78 is 41.1. The fourth-order valence-electron chi connectivity index (χ4n) is 4.12. The van der Waals surface area contributed by atoms with Crippen LogP contribution in [0.2, 0.25) is 0 Å². The van der Waals surface area contributed by atoms with Gasteiger partial charge in [-0.15, -0.1) is 0 Å². The van der Waals surface area contributed by atoms with Crippen LogP contribution in [-0.4, -0.2) is 28.3 Å². The minimum Gasteiger partial charge on any atom is -0.481 e. The maximum Gasteiger partial charge on any atom is 0.416 e. The van der Waals surface area contributed by atoms with Crippen LogP contribution in [0.3, 0.4) is 0 Å². The Kier molecular flexibility index (Phi) is 9.04. The molecule has 3 rings (SSSR count). The van der Waals surface area contributed by atoms with E-state index >= 15 is 0 Å². The maximum absolute atomic E-state index is 13.7. The number of pyridine rings is 1. The van der Waals surface area contributed by atoms with Gasteiger partial charge in [-0.3, -0.25) is 9.78 Å². The van der Waals surface area contributed by atoms with Crippen LogP contribution < -0.4 is 5.32 Å². The zero-order valence-corrected chi connectivity index (χ0v) is 19.2. The minimum atomic E-state index is -4.40. The lowest BCUT2D eigenvalue weighted by molar-refractivity contribution is -0.139. The van der Waals surface area contributed by atoms with Crippen LogP contribution in [0.5, 0.6) is 0 Å². The number of carboxylic acid groups (broad SMARTS) is 1. The molecule has 0 bridgehead atoms. The quantitative estimate of drug-likeness (QED) is 0.262. The van der Waals surface area contributed by atoms with Crippen LogP contribution in [0.15, 0.2) is 41.7 Å². The van der Waals surface area contributed by atoms with E-state index in [0.717, 1.165) is 43.4 Å². The molecule has 0 atom stereocenters. The van der Waals surface area contributed by atoms with E-state index in [4.69, 9.17) is 9.94 Å². The summed E-state index contributed by atoms with van der Waals surface area (Å²) in [6.45, 7) is 2.46. The number of rotatable bonds is 10. The van der Waals surface area contributed by atoms with Crippen LogP contribution in [0.25, 0.3) is 0 Å². The third kappa shape index (κ3) is 7.55. The fourth-order valence-corrected chi connectivity index (χ4v) is 4.12. The second-order valence-corrected chi connectivity index (χ2v) is 8.56. The molecule has 1 fully saturated rings. The van der Waals surface area contributed by atoms with E-state index in [9.17, 15) is 18.0 Å². The molecule has 1 aliphatic rings. The summed E-state index contributed by atoms with van der Waals surface area (Å²) in [7, 11) is 0. The van der Waals surface area contributed by atoms with Gasteiger partial charge in [0, 0.05) is 24.8 Å². The highest BCUT2D eigenvalue weighted by Crippen LogP contribution is 2.41. The average molecular weight is 478 g/mol. The first-order valence-electron chi connectivity index (χ1n) is 11.5. The second kappa shape index (κ2) is 12.0. The van der Waals surface area contributed by atoms with Crippen LogP contribution in [-0.2, 0) is 29.0 Å². The van der Waals surface area contributed by atoms with Crippen molar-refractivity contribution in [3.05, 3.63) is 64.5 Å². The van der Waals surface area contributed by atoms with Crippen molar-refractivity contribution in [2.24, 2.45) is 5.16 Å². The maximum atomic E-state index is 13.7. The fraction of sp³-hybridized carbons (Fsp3) is 0.480. The van der Waals surface area contributed by atoms with Crippen molar-refractivity contribution in [1.29, 1.82) is 0 Å². The van der Waals surface area contributed by atoms with E-state index in [1.165, 1.54) is 6.07 Å². The smallest absolute Gasteiger partial charge is 0.416 e. The lowest BCUT2D eigenvalue weighted by Gasteiger charge is -2.25. The van der Waals surface area contributed by atoms with E-state index < -0.39 is 17.7 Å². The van der Waals surface area contributed by atoms with Crippen molar-refractivity contribution in [1.82, 2.24) is 10.3 Å². The minimum absolute atomic E-state index is 0.0367. The van der Waals surface area contributed by atoms with Crippen molar-refractivity contribution in [2.75, 3.05) is 6.54 Å². The Labute approximate surface area is 197 Å². The van der Waals surface area contributed by atoms with E-state index in [-0.39, 0.29) is 18.9 Å². The Balaban J connectivity index is 1.59. The number of benzene rings is 1. The van der Waals surface area contributed by atoms with E-state index in [1.807, 2.05) is 6.07 Å². The van der Waals surface area contributed by atoms with Gasteiger partial charge in [0.25, 0.3) is 0 Å². The molecule has 2 aromatic rings. The van der Waals surface area contributed by atoms with Crippen molar-refractivity contribution in [3.63, 3.8) is 0 Å². The number of nitrogens with zero attached hydrogens (tertiary/aromatic N) is 2. The molecule has 9 heteroatoms. The van der Waals surface area contributed by atoms with Crippen LogP contribution in [0.4, 0.5) is 13.2 Å². The monoisotopic (exact) mass is 477 g/mol. The number of hydrogen-bond acceptors (Lipinski definition) is 5. The Morgan fingerprint density at radius 1 is 1.21 bits per heavy atom. The molecule has 184 valence electrons. The van der Waals surface area contributed by atoms with Crippen LogP contribution in [0, 0.1) is 0 Å². The van der Waals surface area contributed by atoms with Gasteiger partial charge in [-0.1, -0.05) is 36.6 Å². The average Bonchev–Trinajstić information content (AvgIpc) is 2.82. The number of nitrogens with one attached hydrogen (secondary N) is 1. The molecule has 0 radical (unpaired) electrons. The summed E-state index contributed by atoms with van der Waals surface area (Å²) in [5.41, 5.74) is 2.26. The molecule has 1 saturated carbocycles. The van der Waals surface area contributed by atoms with Crippen molar-refractivity contribution >= 4 is 11.7 Å². The van der Waals surface area contributed by atoms with Gasteiger partial charge in [0.2, 0.25) is 0 Å².